The highest BCUT2D eigenvalue weighted by Crippen LogP contribution is 2.47. The van der Waals surface area contributed by atoms with Crippen LogP contribution in [-0.2, 0) is 0 Å². The summed E-state index contributed by atoms with van der Waals surface area (Å²) >= 11 is 0. The lowest BCUT2D eigenvalue weighted by atomic mass is 9.93. The average molecular weight is 705 g/mol. The largest absolute Gasteiger partial charge is 0.455 e. The standard InChI is InChI=1S/C50H32N4O/c1-5-17-33(18-6-1)43-44-45(51-42-30-14-13-29-41(42)47(44)55-46(43)34-19-7-2-8-20-34)39-27-15-25-37(31-39)38-26-16-28-40(32-38)50-53-48(35-21-9-3-10-22-35)52-49(54-50)36-23-11-4-12-24-36/h1-32H. The van der Waals surface area contributed by atoms with Crippen LogP contribution in [0, 0.1) is 0 Å². The van der Waals surface area contributed by atoms with E-state index in [-0.39, 0.29) is 0 Å². The van der Waals surface area contributed by atoms with Gasteiger partial charge in [0.05, 0.1) is 16.6 Å². The van der Waals surface area contributed by atoms with E-state index in [1.807, 2.05) is 97.1 Å². The molecule has 0 bridgehead atoms. The van der Waals surface area contributed by atoms with Gasteiger partial charge in [-0.3, -0.25) is 0 Å². The SMILES string of the molecule is c1ccc(-c2nc(-c3ccccc3)nc(-c3cccc(-c4cccc(-c5nc6ccccc6c6oc(-c7ccccc7)c(-c7ccccc7)c56)c4)c3)n2)cc1. The minimum Gasteiger partial charge on any atom is -0.455 e. The van der Waals surface area contributed by atoms with E-state index >= 15 is 0 Å². The van der Waals surface area contributed by atoms with E-state index in [1.165, 1.54) is 0 Å². The summed E-state index contributed by atoms with van der Waals surface area (Å²) in [5, 5.41) is 1.97. The Morgan fingerprint density at radius 1 is 0.327 bits per heavy atom. The van der Waals surface area contributed by atoms with Crippen LogP contribution in [0.4, 0.5) is 0 Å². The zero-order valence-electron chi connectivity index (χ0n) is 29.7. The van der Waals surface area contributed by atoms with Crippen molar-refractivity contribution >= 4 is 21.9 Å². The Bertz CT molecular complexity index is 2900. The number of fused-ring (bicyclic) bond motifs is 3. The van der Waals surface area contributed by atoms with Crippen LogP contribution in [0.25, 0.3) is 101 Å². The van der Waals surface area contributed by atoms with Crippen LogP contribution < -0.4 is 0 Å². The zero-order chi connectivity index (χ0) is 36.6. The molecule has 0 amide bonds. The molecule has 0 atom stereocenters. The minimum atomic E-state index is 0.614. The number of nitrogens with zero attached hydrogens (tertiary/aromatic N) is 4. The van der Waals surface area contributed by atoms with E-state index in [0.717, 1.165) is 83.4 Å². The molecule has 0 N–H and O–H groups in total. The predicted molar refractivity (Wildman–Crippen MR) is 223 cm³/mol. The van der Waals surface area contributed by atoms with Gasteiger partial charge >= 0.3 is 0 Å². The summed E-state index contributed by atoms with van der Waals surface area (Å²) in [5.41, 5.74) is 11.6. The maximum absolute atomic E-state index is 6.92. The van der Waals surface area contributed by atoms with Gasteiger partial charge in [-0.2, -0.15) is 0 Å². The number of aromatic nitrogens is 4. The highest BCUT2D eigenvalue weighted by atomic mass is 16.3. The number of benzene rings is 7. The van der Waals surface area contributed by atoms with Gasteiger partial charge in [0.2, 0.25) is 0 Å². The summed E-state index contributed by atoms with van der Waals surface area (Å²) in [4.78, 5) is 20.2. The maximum Gasteiger partial charge on any atom is 0.164 e. The van der Waals surface area contributed by atoms with E-state index < -0.39 is 0 Å². The Kier molecular flexibility index (Phi) is 8.08. The van der Waals surface area contributed by atoms with Crippen LogP contribution in [0.5, 0.6) is 0 Å². The summed E-state index contributed by atoms with van der Waals surface area (Å²) in [6, 6.07) is 66.1. The van der Waals surface area contributed by atoms with Crippen molar-refractivity contribution < 1.29 is 4.42 Å². The molecule has 0 aliphatic carbocycles. The number of para-hydroxylation sites is 1. The third-order valence-corrected chi connectivity index (χ3v) is 9.91. The third kappa shape index (κ3) is 6.04. The average Bonchev–Trinajstić information content (AvgIpc) is 3.69. The van der Waals surface area contributed by atoms with E-state index in [1.54, 1.807) is 0 Å². The first-order chi connectivity index (χ1) is 27.3. The van der Waals surface area contributed by atoms with E-state index in [9.17, 15) is 0 Å². The molecule has 10 rings (SSSR count). The second kappa shape index (κ2) is 13.8. The molecule has 0 fully saturated rings. The lowest BCUT2D eigenvalue weighted by molar-refractivity contribution is 0.636. The highest BCUT2D eigenvalue weighted by molar-refractivity contribution is 6.16. The third-order valence-electron chi connectivity index (χ3n) is 9.91. The predicted octanol–water partition coefficient (Wildman–Crippen LogP) is 12.8. The molecule has 0 saturated heterocycles. The molecule has 55 heavy (non-hydrogen) atoms. The first-order valence-electron chi connectivity index (χ1n) is 18.3. The van der Waals surface area contributed by atoms with E-state index in [2.05, 4.69) is 97.1 Å². The van der Waals surface area contributed by atoms with Crippen molar-refractivity contribution in [3.8, 4) is 79.0 Å². The van der Waals surface area contributed by atoms with Crippen LogP contribution in [0.2, 0.25) is 0 Å². The Morgan fingerprint density at radius 3 is 1.36 bits per heavy atom. The van der Waals surface area contributed by atoms with Crippen molar-refractivity contribution in [1.82, 2.24) is 19.9 Å². The van der Waals surface area contributed by atoms with Crippen LogP contribution in [0.15, 0.2) is 199 Å². The molecule has 0 spiro atoms. The maximum atomic E-state index is 6.92. The first kappa shape index (κ1) is 32.2. The van der Waals surface area contributed by atoms with E-state index in [0.29, 0.717) is 17.5 Å². The van der Waals surface area contributed by atoms with Gasteiger partial charge in [-0.25, -0.2) is 19.9 Å². The molecular weight excluding hydrogens is 673 g/mol. The second-order valence-electron chi connectivity index (χ2n) is 13.4. The molecule has 0 aliphatic rings. The quantitative estimate of drug-likeness (QED) is 0.165. The summed E-state index contributed by atoms with van der Waals surface area (Å²) < 4.78 is 6.92. The topological polar surface area (TPSA) is 64.7 Å². The fourth-order valence-corrected chi connectivity index (χ4v) is 7.29. The Morgan fingerprint density at radius 2 is 0.764 bits per heavy atom. The molecule has 258 valence electrons. The summed E-state index contributed by atoms with van der Waals surface area (Å²) in [6.07, 6.45) is 0. The van der Waals surface area contributed by atoms with Crippen molar-refractivity contribution in [2.24, 2.45) is 0 Å². The van der Waals surface area contributed by atoms with Gasteiger partial charge in [0.1, 0.15) is 11.3 Å². The fourth-order valence-electron chi connectivity index (χ4n) is 7.29. The minimum absolute atomic E-state index is 0.614. The monoisotopic (exact) mass is 704 g/mol. The lowest BCUT2D eigenvalue weighted by Crippen LogP contribution is -2.00. The summed E-state index contributed by atoms with van der Waals surface area (Å²) in [6.45, 7) is 0. The Balaban J connectivity index is 1.14. The van der Waals surface area contributed by atoms with Crippen LogP contribution in [0.1, 0.15) is 0 Å². The number of hydrogen-bond acceptors (Lipinski definition) is 5. The molecule has 5 nitrogen and oxygen atoms in total. The lowest BCUT2D eigenvalue weighted by Gasteiger charge is -2.12. The molecule has 0 saturated carbocycles. The van der Waals surface area contributed by atoms with Crippen molar-refractivity contribution in [2.75, 3.05) is 0 Å². The molecule has 0 aliphatic heterocycles. The molecule has 7 aromatic carbocycles. The van der Waals surface area contributed by atoms with Crippen LogP contribution in [0.3, 0.4) is 0 Å². The fraction of sp³-hybridized carbons (Fsp3) is 0. The van der Waals surface area contributed by atoms with Crippen molar-refractivity contribution in [1.29, 1.82) is 0 Å². The van der Waals surface area contributed by atoms with E-state index in [4.69, 9.17) is 24.4 Å². The van der Waals surface area contributed by atoms with Gasteiger partial charge in [0, 0.05) is 38.8 Å². The van der Waals surface area contributed by atoms with Crippen molar-refractivity contribution in [3.63, 3.8) is 0 Å². The second-order valence-corrected chi connectivity index (χ2v) is 13.4. The number of rotatable bonds is 7. The molecule has 10 aromatic rings. The smallest absolute Gasteiger partial charge is 0.164 e. The molecule has 3 aromatic heterocycles. The summed E-state index contributed by atoms with van der Waals surface area (Å²) in [7, 11) is 0. The summed E-state index contributed by atoms with van der Waals surface area (Å²) in [5.74, 6) is 2.70. The highest BCUT2D eigenvalue weighted by Gasteiger charge is 2.24. The Hall–Kier alpha value is -7.50. The number of hydrogen-bond donors (Lipinski definition) is 0. The molecule has 5 heteroatoms. The van der Waals surface area contributed by atoms with Crippen molar-refractivity contribution in [3.05, 3.63) is 194 Å². The number of furan rings is 1. The van der Waals surface area contributed by atoms with Gasteiger partial charge in [0.25, 0.3) is 0 Å². The zero-order valence-corrected chi connectivity index (χ0v) is 29.7. The van der Waals surface area contributed by atoms with Gasteiger partial charge in [-0.15, -0.1) is 0 Å². The van der Waals surface area contributed by atoms with Crippen molar-refractivity contribution in [2.45, 2.75) is 0 Å². The Labute approximate surface area is 318 Å². The molecular formula is C50H32N4O. The first-order valence-corrected chi connectivity index (χ1v) is 18.3. The normalized spacial score (nSPS) is 11.3. The van der Waals surface area contributed by atoms with Gasteiger partial charge in [0.15, 0.2) is 17.5 Å². The van der Waals surface area contributed by atoms with Gasteiger partial charge in [-0.1, -0.05) is 170 Å². The van der Waals surface area contributed by atoms with Gasteiger partial charge in [-0.05, 0) is 41.0 Å². The van der Waals surface area contributed by atoms with Crippen LogP contribution >= 0.6 is 0 Å². The van der Waals surface area contributed by atoms with Crippen LogP contribution in [-0.4, -0.2) is 19.9 Å². The van der Waals surface area contributed by atoms with Gasteiger partial charge < -0.3 is 4.42 Å². The molecule has 3 heterocycles. The number of pyridine rings is 1. The molecule has 0 radical (unpaired) electrons. The molecule has 0 unspecified atom stereocenters.